The predicted molar refractivity (Wildman–Crippen MR) is 152 cm³/mol. The van der Waals surface area contributed by atoms with Crippen LogP contribution in [0.15, 0.2) is 116 Å². The molecule has 1 fully saturated rings. The molecule has 0 aromatic heterocycles. The van der Waals surface area contributed by atoms with Gasteiger partial charge in [-0.3, -0.25) is 4.79 Å². The molecule has 208 valence electrons. The molecule has 3 aromatic rings. The molecule has 7 heteroatoms. The number of piperidine rings is 1. The van der Waals surface area contributed by atoms with Gasteiger partial charge in [-0.1, -0.05) is 103 Å². The van der Waals surface area contributed by atoms with Crippen molar-refractivity contribution in [3.8, 4) is 0 Å². The molecule has 0 spiro atoms. The van der Waals surface area contributed by atoms with Crippen LogP contribution < -0.4 is 0 Å². The number of likely N-dealkylation sites (tertiary alicyclic amines) is 1. The first kappa shape index (κ1) is 29.0. The van der Waals surface area contributed by atoms with Gasteiger partial charge >= 0.3 is 5.97 Å². The highest BCUT2D eigenvalue weighted by molar-refractivity contribution is 5.85. The van der Waals surface area contributed by atoms with E-state index in [2.05, 4.69) is 6.58 Å². The summed E-state index contributed by atoms with van der Waals surface area (Å²) in [6.45, 7) is 4.83. The summed E-state index contributed by atoms with van der Waals surface area (Å²) in [5.74, 6) is -0.801. The zero-order valence-corrected chi connectivity index (χ0v) is 22.6. The van der Waals surface area contributed by atoms with Crippen molar-refractivity contribution >= 4 is 11.9 Å². The first-order valence-corrected chi connectivity index (χ1v) is 13.2. The highest BCUT2D eigenvalue weighted by atomic mass is 16.6. The molecule has 0 bridgehead atoms. The summed E-state index contributed by atoms with van der Waals surface area (Å²) in [5.41, 5.74) is 2.85. The lowest BCUT2D eigenvalue weighted by Crippen LogP contribution is -2.65. The van der Waals surface area contributed by atoms with E-state index in [1.54, 1.807) is 17.1 Å². The SMILES string of the molecule is C=CCN1C(=O)[C@H](OCc2ccccc2)[C@@H](OCc2ccccc2)[C@H](OCc2ccccc2)[C@H]1/C=C/C(=O)OC. The molecule has 1 amide bonds. The smallest absolute Gasteiger partial charge is 0.330 e. The van der Waals surface area contributed by atoms with Crippen LogP contribution in [0, 0.1) is 0 Å². The Hall–Kier alpha value is -4.04. The molecule has 1 aliphatic rings. The average Bonchev–Trinajstić information content (AvgIpc) is 3.00. The summed E-state index contributed by atoms with van der Waals surface area (Å²) >= 11 is 0. The van der Waals surface area contributed by atoms with Crippen LogP contribution in [-0.4, -0.2) is 54.8 Å². The van der Waals surface area contributed by atoms with E-state index >= 15 is 0 Å². The van der Waals surface area contributed by atoms with Gasteiger partial charge in [-0.15, -0.1) is 6.58 Å². The van der Waals surface area contributed by atoms with Crippen LogP contribution in [0.25, 0.3) is 0 Å². The van der Waals surface area contributed by atoms with E-state index in [1.807, 2.05) is 91.0 Å². The second-order valence-corrected chi connectivity index (χ2v) is 9.39. The molecule has 4 rings (SSSR count). The monoisotopic (exact) mass is 541 g/mol. The highest BCUT2D eigenvalue weighted by Gasteiger charge is 2.50. The molecule has 40 heavy (non-hydrogen) atoms. The fourth-order valence-corrected chi connectivity index (χ4v) is 4.64. The third-order valence-electron chi connectivity index (χ3n) is 6.64. The van der Waals surface area contributed by atoms with Crippen LogP contribution in [0.5, 0.6) is 0 Å². The second-order valence-electron chi connectivity index (χ2n) is 9.39. The van der Waals surface area contributed by atoms with Crippen molar-refractivity contribution in [1.82, 2.24) is 4.90 Å². The van der Waals surface area contributed by atoms with Crippen molar-refractivity contribution in [1.29, 1.82) is 0 Å². The molecule has 1 aliphatic heterocycles. The van der Waals surface area contributed by atoms with Gasteiger partial charge in [-0.2, -0.15) is 0 Å². The van der Waals surface area contributed by atoms with Gasteiger partial charge in [0.15, 0.2) is 6.10 Å². The third kappa shape index (κ3) is 7.76. The Morgan fingerprint density at radius 1 is 0.775 bits per heavy atom. The number of rotatable bonds is 13. The standard InChI is InChI=1S/C33H35NO6/c1-3-21-34-28(19-20-29(35)37-2)30(38-22-25-13-7-4-8-14-25)31(39-23-26-15-9-5-10-16-26)32(33(34)36)40-24-27-17-11-6-12-18-27/h3-20,28,30-32H,1,21-24H2,2H3/b20-19+/t28-,30-,31+,32-/m1/s1. The third-order valence-corrected chi connectivity index (χ3v) is 6.64. The molecule has 0 unspecified atom stereocenters. The van der Waals surface area contributed by atoms with E-state index in [0.29, 0.717) is 0 Å². The fraction of sp³-hybridized carbons (Fsp3) is 0.273. The van der Waals surface area contributed by atoms with E-state index in [1.165, 1.54) is 13.2 Å². The van der Waals surface area contributed by atoms with Crippen molar-refractivity contribution < 1.29 is 28.5 Å². The molecule has 0 aliphatic carbocycles. The minimum Gasteiger partial charge on any atom is -0.466 e. The summed E-state index contributed by atoms with van der Waals surface area (Å²) in [7, 11) is 1.31. The second kappa shape index (κ2) is 14.9. The van der Waals surface area contributed by atoms with E-state index < -0.39 is 30.3 Å². The number of hydrogen-bond donors (Lipinski definition) is 0. The van der Waals surface area contributed by atoms with Crippen LogP contribution in [-0.2, 0) is 48.4 Å². The molecule has 3 aromatic carbocycles. The number of benzene rings is 3. The molecule has 1 saturated heterocycles. The van der Waals surface area contributed by atoms with Crippen molar-refractivity contribution in [2.45, 2.75) is 44.2 Å². The normalized spacial score (nSPS) is 20.9. The van der Waals surface area contributed by atoms with Crippen molar-refractivity contribution in [2.75, 3.05) is 13.7 Å². The first-order chi connectivity index (χ1) is 19.6. The Bertz CT molecular complexity index is 1250. The topological polar surface area (TPSA) is 74.3 Å². The molecule has 0 saturated carbocycles. The van der Waals surface area contributed by atoms with E-state index in [0.717, 1.165) is 16.7 Å². The number of nitrogens with zero attached hydrogens (tertiary/aromatic N) is 1. The van der Waals surface area contributed by atoms with Gasteiger partial charge in [0.1, 0.15) is 12.2 Å². The van der Waals surface area contributed by atoms with Gasteiger partial charge in [0.2, 0.25) is 0 Å². The Labute approximate surface area is 235 Å². The summed E-state index contributed by atoms with van der Waals surface area (Å²) in [6, 6.07) is 28.5. The maximum absolute atomic E-state index is 14.0. The number of ether oxygens (including phenoxy) is 4. The maximum Gasteiger partial charge on any atom is 0.330 e. The zero-order chi connectivity index (χ0) is 28.2. The van der Waals surface area contributed by atoms with Gasteiger partial charge in [0.25, 0.3) is 5.91 Å². The Morgan fingerprint density at radius 3 is 1.73 bits per heavy atom. The number of carbonyl (C=O) groups is 2. The number of methoxy groups -OCH3 is 1. The van der Waals surface area contributed by atoms with Crippen LogP contribution in [0.1, 0.15) is 16.7 Å². The average molecular weight is 542 g/mol. The molecule has 4 atom stereocenters. The number of carbonyl (C=O) groups excluding carboxylic acids is 2. The first-order valence-electron chi connectivity index (χ1n) is 13.2. The molecular formula is C33H35NO6. The van der Waals surface area contributed by atoms with Crippen LogP contribution in [0.2, 0.25) is 0 Å². The summed E-state index contributed by atoms with van der Waals surface area (Å²) < 4.78 is 24.1. The number of amides is 1. The van der Waals surface area contributed by atoms with Crippen molar-refractivity contribution in [2.24, 2.45) is 0 Å². The van der Waals surface area contributed by atoms with Gasteiger partial charge in [-0.05, 0) is 16.7 Å². The van der Waals surface area contributed by atoms with E-state index in [-0.39, 0.29) is 32.3 Å². The Kier molecular flexibility index (Phi) is 10.8. The Balaban J connectivity index is 1.70. The zero-order valence-electron chi connectivity index (χ0n) is 22.6. The minimum atomic E-state index is -0.951. The summed E-state index contributed by atoms with van der Waals surface area (Å²) in [5, 5.41) is 0. The van der Waals surface area contributed by atoms with Crippen molar-refractivity contribution in [3.63, 3.8) is 0 Å². The molecule has 7 nitrogen and oxygen atoms in total. The number of esters is 1. The lowest BCUT2D eigenvalue weighted by Gasteiger charge is -2.46. The highest BCUT2D eigenvalue weighted by Crippen LogP contribution is 2.30. The minimum absolute atomic E-state index is 0.221. The lowest BCUT2D eigenvalue weighted by atomic mass is 9.91. The number of hydrogen-bond acceptors (Lipinski definition) is 6. The maximum atomic E-state index is 14.0. The quantitative estimate of drug-likeness (QED) is 0.175. The van der Waals surface area contributed by atoms with E-state index in [4.69, 9.17) is 18.9 Å². The Morgan fingerprint density at radius 2 is 1.25 bits per heavy atom. The van der Waals surface area contributed by atoms with Crippen molar-refractivity contribution in [3.05, 3.63) is 132 Å². The van der Waals surface area contributed by atoms with Crippen LogP contribution in [0.3, 0.4) is 0 Å². The largest absolute Gasteiger partial charge is 0.466 e. The molecule has 1 heterocycles. The van der Waals surface area contributed by atoms with E-state index in [9.17, 15) is 9.59 Å². The fourth-order valence-electron chi connectivity index (χ4n) is 4.64. The van der Waals surface area contributed by atoms with Gasteiger partial charge in [0, 0.05) is 12.6 Å². The molecule has 0 radical (unpaired) electrons. The van der Waals surface area contributed by atoms with Gasteiger partial charge < -0.3 is 23.8 Å². The molecular weight excluding hydrogens is 506 g/mol. The predicted octanol–water partition coefficient (Wildman–Crippen LogP) is 4.87. The summed E-state index contributed by atoms with van der Waals surface area (Å²) in [4.78, 5) is 27.7. The van der Waals surface area contributed by atoms with Crippen LogP contribution >= 0.6 is 0 Å². The van der Waals surface area contributed by atoms with Gasteiger partial charge in [-0.25, -0.2) is 4.79 Å². The lowest BCUT2D eigenvalue weighted by molar-refractivity contribution is -0.203. The van der Waals surface area contributed by atoms with Crippen LogP contribution in [0.4, 0.5) is 0 Å². The van der Waals surface area contributed by atoms with Gasteiger partial charge in [0.05, 0.1) is 33.0 Å². The summed E-state index contributed by atoms with van der Waals surface area (Å²) in [6.07, 6.45) is 2.20. The molecule has 0 N–H and O–H groups in total.